The van der Waals surface area contributed by atoms with Crippen molar-refractivity contribution < 1.29 is 46.1 Å². The van der Waals surface area contributed by atoms with E-state index in [-0.39, 0.29) is 41.1 Å². The Kier molecular flexibility index (Phi) is 11.6. The molecule has 2 aliphatic rings. The Morgan fingerprint density at radius 2 is 1.19 bits per heavy atom. The van der Waals surface area contributed by atoms with Crippen LogP contribution < -0.4 is 28.1 Å². The van der Waals surface area contributed by atoms with Crippen LogP contribution in [0.5, 0.6) is 0 Å². The number of halogens is 2. The maximum Gasteiger partial charge on any atom is -1.00 e. The fraction of sp³-hybridized carbons (Fsp3) is 0.356. The number of hydrogen-bond acceptors (Lipinski definition) is 0. The van der Waals surface area contributed by atoms with Crippen LogP contribution in [0.1, 0.15) is 109 Å². The zero-order valence-corrected chi connectivity index (χ0v) is 34.5. The van der Waals surface area contributed by atoms with Crippen molar-refractivity contribution in [3.8, 4) is 11.1 Å². The van der Waals surface area contributed by atoms with Gasteiger partial charge < -0.3 is 24.8 Å². The molecule has 0 saturated carbocycles. The van der Waals surface area contributed by atoms with Crippen LogP contribution in [-0.2, 0) is 38.5 Å². The Balaban J connectivity index is 0.00000260. The third-order valence-electron chi connectivity index (χ3n) is 10.1. The second-order valence-electron chi connectivity index (χ2n) is 16.6. The van der Waals surface area contributed by atoms with Gasteiger partial charge >= 0.3 is 288 Å². The van der Waals surface area contributed by atoms with E-state index in [0.29, 0.717) is 5.92 Å². The van der Waals surface area contributed by atoms with Crippen LogP contribution >= 0.6 is 0 Å². The van der Waals surface area contributed by atoms with Gasteiger partial charge in [0.2, 0.25) is 0 Å². The molecular weight excluding hydrogens is 703 g/mol. The van der Waals surface area contributed by atoms with Crippen molar-refractivity contribution in [3.05, 3.63) is 145 Å². The predicted molar refractivity (Wildman–Crippen MR) is 197 cm³/mol. The summed E-state index contributed by atoms with van der Waals surface area (Å²) in [5.41, 5.74) is 13.5. The smallest absolute Gasteiger partial charge is 1.00 e. The predicted octanol–water partition coefficient (Wildman–Crippen LogP) is 5.27. The van der Waals surface area contributed by atoms with Crippen molar-refractivity contribution in [2.75, 3.05) is 0 Å². The minimum Gasteiger partial charge on any atom is -1.00 e. The molecule has 0 saturated heterocycles. The summed E-state index contributed by atoms with van der Waals surface area (Å²) >= 11 is -2.88. The molecule has 6 rings (SSSR count). The van der Waals surface area contributed by atoms with Gasteiger partial charge in [-0.05, 0) is 0 Å². The van der Waals surface area contributed by atoms with Crippen molar-refractivity contribution in [1.29, 1.82) is 0 Å². The molecule has 2 aliphatic carbocycles. The van der Waals surface area contributed by atoms with Crippen molar-refractivity contribution in [1.82, 2.24) is 0 Å². The first-order valence-corrected chi connectivity index (χ1v) is 21.0. The van der Waals surface area contributed by atoms with Crippen LogP contribution in [0.2, 0.25) is 0 Å². The molecule has 0 fully saturated rings. The molecule has 0 N–H and O–H groups in total. The molecule has 4 aromatic carbocycles. The van der Waals surface area contributed by atoms with E-state index in [1.54, 1.807) is 15.3 Å². The Hall–Kier alpha value is -2.31. The number of fused-ring (bicyclic) bond motifs is 3. The fourth-order valence-corrected chi connectivity index (χ4v) is 15.9. The molecule has 0 bridgehead atoms. The largest absolute Gasteiger partial charge is 1.00 e. The van der Waals surface area contributed by atoms with Crippen LogP contribution in [0.25, 0.3) is 11.1 Å². The second-order valence-corrected chi connectivity index (χ2v) is 22.4. The first kappa shape index (κ1) is 38.5. The van der Waals surface area contributed by atoms with E-state index in [9.17, 15) is 0 Å². The van der Waals surface area contributed by atoms with Gasteiger partial charge in [-0.25, -0.2) is 0 Å². The minimum atomic E-state index is -2.88. The molecule has 1 atom stereocenters. The average Bonchev–Trinajstić information content (AvgIpc) is 3.61. The van der Waals surface area contributed by atoms with Gasteiger partial charge in [-0.2, -0.15) is 0 Å². The Morgan fingerprint density at radius 3 is 1.69 bits per heavy atom. The van der Waals surface area contributed by atoms with Gasteiger partial charge in [0.25, 0.3) is 0 Å². The van der Waals surface area contributed by atoms with Gasteiger partial charge in [0.1, 0.15) is 0 Å². The molecule has 0 amide bonds. The second kappa shape index (κ2) is 14.5. The fourth-order valence-electron chi connectivity index (χ4n) is 7.19. The molecular formula is C45H52Cl2Zr. The number of benzene rings is 4. The first-order valence-electron chi connectivity index (χ1n) is 17.3. The molecule has 0 radical (unpaired) electrons. The zero-order chi connectivity index (χ0) is 33.0. The van der Waals surface area contributed by atoms with Crippen molar-refractivity contribution in [2.24, 2.45) is 11.3 Å². The Bertz CT molecular complexity index is 1830. The first-order chi connectivity index (χ1) is 21.7. The minimum absolute atomic E-state index is 0. The topological polar surface area (TPSA) is 0 Å². The van der Waals surface area contributed by atoms with E-state index in [1.807, 2.05) is 0 Å². The van der Waals surface area contributed by atoms with Crippen molar-refractivity contribution in [3.63, 3.8) is 0 Å². The third-order valence-corrected chi connectivity index (χ3v) is 17.8. The maximum absolute atomic E-state index is 2.88. The summed E-state index contributed by atoms with van der Waals surface area (Å²) < 4.78 is 5.02. The van der Waals surface area contributed by atoms with Gasteiger partial charge in [-0.3, -0.25) is 0 Å². The van der Waals surface area contributed by atoms with Crippen LogP contribution in [0, 0.1) is 11.3 Å². The summed E-state index contributed by atoms with van der Waals surface area (Å²) in [6, 6.07) is 35.3. The molecule has 3 heteroatoms. The summed E-state index contributed by atoms with van der Waals surface area (Å²) in [6.07, 6.45) is 7.47. The summed E-state index contributed by atoms with van der Waals surface area (Å²) in [6.45, 7) is 23.7. The molecule has 0 heterocycles. The van der Waals surface area contributed by atoms with Gasteiger partial charge in [-0.1, -0.05) is 0 Å². The van der Waals surface area contributed by atoms with Gasteiger partial charge in [0.15, 0.2) is 0 Å². The number of hydrogen-bond donors (Lipinski definition) is 0. The SMILES string of the molecule is CCC1C=C(C(C)(C)C)C=[C]1[Zr+2](=[C](c1ccccc1)c1ccccc1)[c]1cc(C(C)(C)C)cc2c1Cc1ccc(C(C)(C)C)cc1-2.[Cl-].[Cl-]. The van der Waals surface area contributed by atoms with Gasteiger partial charge in [0.05, 0.1) is 0 Å². The Labute approximate surface area is 311 Å². The molecule has 1 unspecified atom stereocenters. The average molecular weight is 755 g/mol. The van der Waals surface area contributed by atoms with E-state index in [1.165, 1.54) is 44.5 Å². The summed E-state index contributed by atoms with van der Waals surface area (Å²) in [4.78, 5) is 0. The summed E-state index contributed by atoms with van der Waals surface area (Å²) in [5, 5.41) is 0. The van der Waals surface area contributed by atoms with E-state index in [2.05, 4.69) is 172 Å². The van der Waals surface area contributed by atoms with Crippen LogP contribution in [0.15, 0.2) is 112 Å². The third kappa shape index (κ3) is 7.55. The maximum atomic E-state index is 2.68. The van der Waals surface area contributed by atoms with Crippen molar-refractivity contribution >= 4 is 6.48 Å². The molecule has 0 nitrogen and oxygen atoms in total. The van der Waals surface area contributed by atoms with E-state index in [0.717, 1.165) is 12.8 Å². The molecule has 0 spiro atoms. The van der Waals surface area contributed by atoms with Gasteiger partial charge in [-0.15, -0.1) is 0 Å². The molecule has 4 aromatic rings. The van der Waals surface area contributed by atoms with Gasteiger partial charge in [0, 0.05) is 0 Å². The molecule has 48 heavy (non-hydrogen) atoms. The quantitative estimate of drug-likeness (QED) is 0.230. The van der Waals surface area contributed by atoms with E-state index < -0.39 is 21.3 Å². The zero-order valence-electron chi connectivity index (χ0n) is 30.6. The van der Waals surface area contributed by atoms with Crippen LogP contribution in [0.3, 0.4) is 0 Å². The van der Waals surface area contributed by atoms with Crippen LogP contribution in [-0.4, -0.2) is 3.21 Å². The Morgan fingerprint density at radius 1 is 0.646 bits per heavy atom. The normalized spacial score (nSPS) is 15.2. The molecule has 0 aliphatic heterocycles. The summed E-state index contributed by atoms with van der Waals surface area (Å²) in [7, 11) is 0. The monoisotopic (exact) mass is 752 g/mol. The van der Waals surface area contributed by atoms with Crippen molar-refractivity contribution in [2.45, 2.75) is 92.9 Å². The molecule has 250 valence electrons. The number of allylic oxidation sites excluding steroid dienone is 4. The van der Waals surface area contributed by atoms with Crippen LogP contribution in [0.4, 0.5) is 0 Å². The number of rotatable bonds is 5. The summed E-state index contributed by atoms with van der Waals surface area (Å²) in [5.74, 6) is 0.483. The van der Waals surface area contributed by atoms with E-state index >= 15 is 0 Å². The molecule has 0 aromatic heterocycles. The standard InChI is InChI=1S/C21H25.C13H10.C11H17.2ClH.Zr/c1-20(2,3)16-9-7-14-11-15-8-10-17(21(4,5)6)13-19(15)18(14)12-16;1-3-7-12(8-4-1)11-13-9-5-2-6-10-13;1-5-9-6-7-10(8-9)11(2,3)4;;;/h7,9-10,12-13H,11H2,1-6H3;1-10H;7-9H,5H2,1-4H3;2*1H;/q;;;;;+2/p-2. The van der Waals surface area contributed by atoms with E-state index in [4.69, 9.17) is 0 Å².